The lowest BCUT2D eigenvalue weighted by atomic mass is 9.90. The third-order valence-corrected chi connectivity index (χ3v) is 3.20. The van der Waals surface area contributed by atoms with Crippen LogP contribution < -0.4 is 10.5 Å². The topological polar surface area (TPSA) is 55.5 Å². The van der Waals surface area contributed by atoms with E-state index in [9.17, 15) is 0 Å². The molecule has 0 aliphatic carbocycles. The van der Waals surface area contributed by atoms with E-state index in [1.165, 1.54) is 5.56 Å². The van der Waals surface area contributed by atoms with Gasteiger partial charge in [-0.2, -0.15) is 0 Å². The van der Waals surface area contributed by atoms with Gasteiger partial charge in [0.15, 0.2) is 0 Å². The molecule has 1 aromatic rings. The van der Waals surface area contributed by atoms with Crippen molar-refractivity contribution in [3.63, 3.8) is 0 Å². The minimum absolute atomic E-state index is 0.165. The summed E-state index contributed by atoms with van der Waals surface area (Å²) in [5.41, 5.74) is 6.88. The number of rotatable bonds is 8. The molecule has 0 saturated carbocycles. The Morgan fingerprint density at radius 1 is 1.28 bits per heavy atom. The first-order valence-corrected chi connectivity index (χ1v) is 6.74. The van der Waals surface area contributed by atoms with E-state index in [-0.39, 0.29) is 12.5 Å². The van der Waals surface area contributed by atoms with Crippen molar-refractivity contribution >= 4 is 0 Å². The predicted octanol–water partition coefficient (Wildman–Crippen LogP) is 2.54. The van der Waals surface area contributed by atoms with Crippen LogP contribution in [0.15, 0.2) is 24.3 Å². The fourth-order valence-corrected chi connectivity index (χ4v) is 1.99. The van der Waals surface area contributed by atoms with Crippen molar-refractivity contribution in [2.45, 2.75) is 32.6 Å². The zero-order chi connectivity index (χ0) is 13.4. The Kier molecular flexibility index (Phi) is 6.76. The molecule has 102 valence electrons. The van der Waals surface area contributed by atoms with E-state index in [2.05, 4.69) is 26.0 Å². The normalized spacial score (nSPS) is 14.2. The van der Waals surface area contributed by atoms with Gasteiger partial charge in [0.1, 0.15) is 5.75 Å². The van der Waals surface area contributed by atoms with Gasteiger partial charge in [0.2, 0.25) is 0 Å². The van der Waals surface area contributed by atoms with Crippen LogP contribution in [0.5, 0.6) is 5.75 Å². The van der Waals surface area contributed by atoms with Crippen LogP contribution in [0, 0.1) is 5.92 Å². The maximum atomic E-state index is 9.16. The molecule has 0 aromatic heterocycles. The number of benzene rings is 1. The van der Waals surface area contributed by atoms with Gasteiger partial charge < -0.3 is 15.6 Å². The Balaban J connectivity index is 2.55. The molecule has 0 aliphatic heterocycles. The van der Waals surface area contributed by atoms with Crippen LogP contribution >= 0.6 is 0 Å². The van der Waals surface area contributed by atoms with Crippen LogP contribution in [0.2, 0.25) is 0 Å². The lowest BCUT2D eigenvalue weighted by molar-refractivity contribution is 0.217. The van der Waals surface area contributed by atoms with Crippen molar-refractivity contribution in [2.75, 3.05) is 19.8 Å². The number of ether oxygens (including phenoxy) is 1. The lowest BCUT2D eigenvalue weighted by Gasteiger charge is -2.18. The van der Waals surface area contributed by atoms with Crippen LogP contribution in [0.3, 0.4) is 0 Å². The number of aliphatic hydroxyl groups is 1. The summed E-state index contributed by atoms with van der Waals surface area (Å²) < 4.78 is 5.55. The Morgan fingerprint density at radius 3 is 2.44 bits per heavy atom. The molecule has 3 heteroatoms. The molecule has 0 radical (unpaired) electrons. The van der Waals surface area contributed by atoms with Crippen LogP contribution in [-0.2, 0) is 0 Å². The molecule has 3 N–H and O–H groups in total. The van der Waals surface area contributed by atoms with E-state index in [0.717, 1.165) is 25.2 Å². The third-order valence-electron chi connectivity index (χ3n) is 3.20. The second kappa shape index (κ2) is 8.11. The third kappa shape index (κ3) is 4.67. The minimum Gasteiger partial charge on any atom is -0.494 e. The molecule has 0 amide bonds. The molecule has 0 fully saturated rings. The summed E-state index contributed by atoms with van der Waals surface area (Å²) in [6.45, 7) is 5.73. The number of aliphatic hydroxyl groups excluding tert-OH is 1. The molecular formula is C15H25NO2. The van der Waals surface area contributed by atoms with Gasteiger partial charge in [-0.25, -0.2) is 0 Å². The van der Waals surface area contributed by atoms with Gasteiger partial charge in [0.25, 0.3) is 0 Å². The van der Waals surface area contributed by atoms with Crippen molar-refractivity contribution in [3.8, 4) is 5.75 Å². The van der Waals surface area contributed by atoms with Crippen molar-refractivity contribution < 1.29 is 9.84 Å². The zero-order valence-corrected chi connectivity index (χ0v) is 11.4. The molecule has 1 aromatic carbocycles. The van der Waals surface area contributed by atoms with E-state index >= 15 is 0 Å². The van der Waals surface area contributed by atoms with Gasteiger partial charge in [-0.1, -0.05) is 26.0 Å². The number of hydrogen-bond acceptors (Lipinski definition) is 3. The molecule has 3 nitrogen and oxygen atoms in total. The Morgan fingerprint density at radius 2 is 1.94 bits per heavy atom. The highest BCUT2D eigenvalue weighted by Crippen LogP contribution is 2.24. The Labute approximate surface area is 110 Å². The molecule has 0 bridgehead atoms. The predicted molar refractivity (Wildman–Crippen MR) is 74.9 cm³/mol. The molecule has 0 spiro atoms. The zero-order valence-electron chi connectivity index (χ0n) is 11.4. The summed E-state index contributed by atoms with van der Waals surface area (Å²) in [6, 6.07) is 8.22. The minimum atomic E-state index is 0.165. The number of hydrogen-bond donors (Lipinski definition) is 2. The average molecular weight is 251 g/mol. The molecule has 1 rings (SSSR count). The van der Waals surface area contributed by atoms with E-state index < -0.39 is 0 Å². The molecular weight excluding hydrogens is 226 g/mol. The van der Waals surface area contributed by atoms with E-state index in [4.69, 9.17) is 15.6 Å². The summed E-state index contributed by atoms with van der Waals surface area (Å²) in [5.74, 6) is 1.52. The first-order chi connectivity index (χ1) is 8.71. The van der Waals surface area contributed by atoms with Crippen molar-refractivity contribution in [3.05, 3.63) is 29.8 Å². The maximum absolute atomic E-state index is 9.16. The summed E-state index contributed by atoms with van der Waals surface area (Å²) in [6.07, 6.45) is 1.94. The van der Waals surface area contributed by atoms with Gasteiger partial charge >= 0.3 is 0 Å². The van der Waals surface area contributed by atoms with E-state index in [1.54, 1.807) is 0 Å². The molecule has 2 atom stereocenters. The van der Waals surface area contributed by atoms with Crippen molar-refractivity contribution in [1.82, 2.24) is 0 Å². The van der Waals surface area contributed by atoms with Crippen molar-refractivity contribution in [2.24, 2.45) is 11.7 Å². The summed E-state index contributed by atoms with van der Waals surface area (Å²) in [4.78, 5) is 0. The lowest BCUT2D eigenvalue weighted by Crippen LogP contribution is -2.20. The highest BCUT2D eigenvalue weighted by Gasteiger charge is 2.12. The first-order valence-electron chi connectivity index (χ1n) is 6.74. The van der Waals surface area contributed by atoms with E-state index in [1.807, 2.05) is 12.1 Å². The highest BCUT2D eigenvalue weighted by molar-refractivity contribution is 5.29. The second-order valence-corrected chi connectivity index (χ2v) is 4.84. The molecule has 2 unspecified atom stereocenters. The van der Waals surface area contributed by atoms with Crippen molar-refractivity contribution in [1.29, 1.82) is 0 Å². The average Bonchev–Trinajstić information content (AvgIpc) is 2.42. The number of nitrogens with two attached hydrogens (primary N) is 1. The van der Waals surface area contributed by atoms with Gasteiger partial charge in [0.05, 0.1) is 6.61 Å². The highest BCUT2D eigenvalue weighted by atomic mass is 16.5. The van der Waals surface area contributed by atoms with Gasteiger partial charge in [0, 0.05) is 6.61 Å². The fourth-order valence-electron chi connectivity index (χ4n) is 1.99. The van der Waals surface area contributed by atoms with Crippen LogP contribution in [-0.4, -0.2) is 24.9 Å². The van der Waals surface area contributed by atoms with Gasteiger partial charge in [-0.3, -0.25) is 0 Å². The van der Waals surface area contributed by atoms with Crippen LogP contribution in [0.25, 0.3) is 0 Å². The Bertz CT molecular complexity index is 320. The van der Waals surface area contributed by atoms with Gasteiger partial charge in [-0.05, 0) is 48.9 Å². The van der Waals surface area contributed by atoms with Crippen LogP contribution in [0.4, 0.5) is 0 Å². The maximum Gasteiger partial charge on any atom is 0.119 e. The first kappa shape index (κ1) is 15.0. The SMILES string of the molecule is CCCOc1ccc(C(C)CC(CN)CO)cc1. The quantitative estimate of drug-likeness (QED) is 0.746. The smallest absolute Gasteiger partial charge is 0.119 e. The standard InChI is InChI=1S/C15H25NO2/c1-3-8-18-15-6-4-14(5-7-15)12(2)9-13(10-16)11-17/h4-7,12-13,17H,3,8-11,16H2,1-2H3. The monoisotopic (exact) mass is 251 g/mol. The summed E-state index contributed by atoms with van der Waals surface area (Å²) in [5, 5.41) is 9.16. The van der Waals surface area contributed by atoms with Gasteiger partial charge in [-0.15, -0.1) is 0 Å². The second-order valence-electron chi connectivity index (χ2n) is 4.84. The molecule has 0 aliphatic rings. The molecule has 0 heterocycles. The van der Waals surface area contributed by atoms with E-state index in [0.29, 0.717) is 12.5 Å². The Hall–Kier alpha value is -1.06. The molecule has 0 saturated heterocycles. The largest absolute Gasteiger partial charge is 0.494 e. The summed E-state index contributed by atoms with van der Waals surface area (Å²) in [7, 11) is 0. The fraction of sp³-hybridized carbons (Fsp3) is 0.600. The molecule has 18 heavy (non-hydrogen) atoms. The summed E-state index contributed by atoms with van der Waals surface area (Å²) >= 11 is 0. The van der Waals surface area contributed by atoms with Crippen LogP contribution in [0.1, 0.15) is 38.2 Å².